The molecule has 0 bridgehead atoms. The second-order valence-electron chi connectivity index (χ2n) is 6.49. The van der Waals surface area contributed by atoms with Crippen LogP contribution in [0.5, 0.6) is 17.2 Å². The lowest BCUT2D eigenvalue weighted by Crippen LogP contribution is -2.28. The fraction of sp³-hybridized carbons (Fsp3) is 0.286. The van der Waals surface area contributed by atoms with E-state index in [-0.39, 0.29) is 18.4 Å². The van der Waals surface area contributed by atoms with E-state index in [0.29, 0.717) is 18.8 Å². The third kappa shape index (κ3) is 3.56. The van der Waals surface area contributed by atoms with Gasteiger partial charge in [0.25, 0.3) is 0 Å². The van der Waals surface area contributed by atoms with Gasteiger partial charge in [-0.15, -0.1) is 0 Å². The van der Waals surface area contributed by atoms with E-state index in [1.807, 2.05) is 43.3 Å². The minimum absolute atomic E-state index is 0.0732. The smallest absolute Gasteiger partial charge is 0.225 e. The summed E-state index contributed by atoms with van der Waals surface area (Å²) in [7, 11) is 1.61. The standard InChI is InChI=1S/C21H21NO5/c1-13(14-3-6-18-20(9-14)26-8-7-25-18)22-21(23)10-15-12-27-19-11-16(24-2)4-5-17(15)19/h3-6,9,11-13H,7-8,10H2,1-2H3,(H,22,23)/t13-/m1/s1. The van der Waals surface area contributed by atoms with Crippen LogP contribution in [-0.2, 0) is 11.2 Å². The molecular weight excluding hydrogens is 346 g/mol. The zero-order valence-corrected chi connectivity index (χ0v) is 15.3. The molecule has 2 aromatic carbocycles. The molecule has 0 saturated carbocycles. The van der Waals surface area contributed by atoms with Crippen molar-refractivity contribution in [3.8, 4) is 17.2 Å². The molecule has 1 N–H and O–H groups in total. The highest BCUT2D eigenvalue weighted by atomic mass is 16.6. The van der Waals surface area contributed by atoms with Crippen molar-refractivity contribution in [3.05, 3.63) is 53.8 Å². The fourth-order valence-corrected chi connectivity index (χ4v) is 3.21. The molecule has 4 rings (SSSR count). The third-order valence-corrected chi connectivity index (χ3v) is 4.66. The molecule has 0 aliphatic carbocycles. The highest BCUT2D eigenvalue weighted by Crippen LogP contribution is 2.32. The Hall–Kier alpha value is -3.15. The van der Waals surface area contributed by atoms with E-state index >= 15 is 0 Å². The van der Waals surface area contributed by atoms with Gasteiger partial charge in [0.15, 0.2) is 11.5 Å². The molecule has 140 valence electrons. The average Bonchev–Trinajstić information content (AvgIpc) is 3.09. The summed E-state index contributed by atoms with van der Waals surface area (Å²) in [6, 6.07) is 11.2. The molecule has 0 saturated heterocycles. The van der Waals surface area contributed by atoms with Crippen molar-refractivity contribution in [2.45, 2.75) is 19.4 Å². The molecule has 0 unspecified atom stereocenters. The molecule has 6 nitrogen and oxygen atoms in total. The molecule has 0 fully saturated rings. The number of amides is 1. The predicted molar refractivity (Wildman–Crippen MR) is 100 cm³/mol. The van der Waals surface area contributed by atoms with Crippen molar-refractivity contribution < 1.29 is 23.4 Å². The first-order chi connectivity index (χ1) is 13.1. The Labute approximate surface area is 157 Å². The number of rotatable bonds is 5. The molecule has 2 heterocycles. The molecule has 6 heteroatoms. The molecule has 1 amide bonds. The van der Waals surface area contributed by atoms with Gasteiger partial charge in [-0.3, -0.25) is 4.79 Å². The zero-order chi connectivity index (χ0) is 18.8. The number of hydrogen-bond acceptors (Lipinski definition) is 5. The van der Waals surface area contributed by atoms with Gasteiger partial charge >= 0.3 is 0 Å². The maximum Gasteiger partial charge on any atom is 0.225 e. The lowest BCUT2D eigenvalue weighted by molar-refractivity contribution is -0.121. The summed E-state index contributed by atoms with van der Waals surface area (Å²) in [6.07, 6.45) is 1.87. The highest BCUT2D eigenvalue weighted by molar-refractivity contribution is 5.88. The van der Waals surface area contributed by atoms with Crippen LogP contribution in [0.1, 0.15) is 24.1 Å². The molecule has 1 aliphatic rings. The van der Waals surface area contributed by atoms with Gasteiger partial charge in [-0.1, -0.05) is 6.07 Å². The molecule has 0 radical (unpaired) electrons. The second-order valence-corrected chi connectivity index (χ2v) is 6.49. The quantitative estimate of drug-likeness (QED) is 0.746. The summed E-state index contributed by atoms with van der Waals surface area (Å²) < 4.78 is 21.9. The van der Waals surface area contributed by atoms with E-state index in [9.17, 15) is 4.79 Å². The van der Waals surface area contributed by atoms with E-state index < -0.39 is 0 Å². The van der Waals surface area contributed by atoms with Gasteiger partial charge in [0.1, 0.15) is 24.5 Å². The molecule has 3 aromatic rings. The third-order valence-electron chi connectivity index (χ3n) is 4.66. The number of carbonyl (C=O) groups excluding carboxylic acids is 1. The van der Waals surface area contributed by atoms with Crippen LogP contribution in [0.3, 0.4) is 0 Å². The molecule has 1 atom stereocenters. The van der Waals surface area contributed by atoms with Crippen molar-refractivity contribution in [2.75, 3.05) is 20.3 Å². The van der Waals surface area contributed by atoms with Crippen molar-refractivity contribution in [1.82, 2.24) is 5.32 Å². The van der Waals surface area contributed by atoms with Gasteiger partial charge in [0.05, 0.1) is 25.8 Å². The maximum atomic E-state index is 12.5. The van der Waals surface area contributed by atoms with Crippen LogP contribution >= 0.6 is 0 Å². The maximum absolute atomic E-state index is 12.5. The van der Waals surface area contributed by atoms with Crippen LogP contribution in [0.4, 0.5) is 0 Å². The molecular formula is C21H21NO5. The Morgan fingerprint density at radius 3 is 2.78 bits per heavy atom. The van der Waals surface area contributed by atoms with Crippen LogP contribution in [-0.4, -0.2) is 26.2 Å². The first kappa shape index (κ1) is 17.3. The Kier molecular flexibility index (Phi) is 4.62. The van der Waals surface area contributed by atoms with Gasteiger partial charge in [0.2, 0.25) is 5.91 Å². The first-order valence-electron chi connectivity index (χ1n) is 8.87. The SMILES string of the molecule is COc1ccc2c(CC(=O)N[C@H](C)c3ccc4c(c3)OCCO4)coc2c1. The number of ether oxygens (including phenoxy) is 3. The summed E-state index contributed by atoms with van der Waals surface area (Å²) in [6.45, 7) is 3.04. The normalized spacial score (nSPS) is 14.0. The highest BCUT2D eigenvalue weighted by Gasteiger charge is 2.17. The molecule has 1 aromatic heterocycles. The van der Waals surface area contributed by atoms with Gasteiger partial charge < -0.3 is 23.9 Å². The van der Waals surface area contributed by atoms with Crippen LogP contribution in [0, 0.1) is 0 Å². The van der Waals surface area contributed by atoms with E-state index in [1.165, 1.54) is 0 Å². The van der Waals surface area contributed by atoms with Crippen molar-refractivity contribution in [3.63, 3.8) is 0 Å². The summed E-state index contributed by atoms with van der Waals surface area (Å²) in [5, 5.41) is 3.94. The average molecular weight is 367 g/mol. The topological polar surface area (TPSA) is 69.9 Å². The predicted octanol–water partition coefficient (Wildman–Crippen LogP) is 3.63. The number of carbonyl (C=O) groups is 1. The van der Waals surface area contributed by atoms with E-state index in [0.717, 1.165) is 33.8 Å². The van der Waals surface area contributed by atoms with Crippen molar-refractivity contribution in [1.29, 1.82) is 0 Å². The molecule has 0 spiro atoms. The van der Waals surface area contributed by atoms with Gasteiger partial charge in [-0.25, -0.2) is 0 Å². The minimum Gasteiger partial charge on any atom is -0.497 e. The summed E-state index contributed by atoms with van der Waals surface area (Å²) in [4.78, 5) is 12.5. The number of nitrogens with one attached hydrogen (secondary N) is 1. The molecule has 1 aliphatic heterocycles. The van der Waals surface area contributed by atoms with Crippen molar-refractivity contribution >= 4 is 16.9 Å². The van der Waals surface area contributed by atoms with Gasteiger partial charge in [-0.05, 0) is 36.8 Å². The van der Waals surface area contributed by atoms with E-state index in [1.54, 1.807) is 13.4 Å². The lowest BCUT2D eigenvalue weighted by atomic mass is 10.1. The summed E-state index contributed by atoms with van der Waals surface area (Å²) in [5.74, 6) is 2.11. The summed E-state index contributed by atoms with van der Waals surface area (Å²) >= 11 is 0. The Balaban J connectivity index is 1.45. The first-order valence-corrected chi connectivity index (χ1v) is 8.87. The number of methoxy groups -OCH3 is 1. The van der Waals surface area contributed by atoms with Gasteiger partial charge in [0, 0.05) is 17.0 Å². The Morgan fingerprint density at radius 1 is 1.15 bits per heavy atom. The fourth-order valence-electron chi connectivity index (χ4n) is 3.21. The second kappa shape index (κ2) is 7.23. The van der Waals surface area contributed by atoms with Crippen LogP contribution in [0.2, 0.25) is 0 Å². The summed E-state index contributed by atoms with van der Waals surface area (Å²) in [5.41, 5.74) is 2.52. The number of fused-ring (bicyclic) bond motifs is 2. The zero-order valence-electron chi connectivity index (χ0n) is 15.3. The Bertz CT molecular complexity index is 978. The number of benzene rings is 2. The van der Waals surface area contributed by atoms with Crippen LogP contribution < -0.4 is 19.5 Å². The number of hydrogen-bond donors (Lipinski definition) is 1. The van der Waals surface area contributed by atoms with E-state index in [2.05, 4.69) is 5.32 Å². The molecule has 27 heavy (non-hydrogen) atoms. The van der Waals surface area contributed by atoms with Gasteiger partial charge in [-0.2, -0.15) is 0 Å². The van der Waals surface area contributed by atoms with Crippen LogP contribution in [0.15, 0.2) is 47.1 Å². The van der Waals surface area contributed by atoms with E-state index in [4.69, 9.17) is 18.6 Å². The number of furan rings is 1. The monoisotopic (exact) mass is 367 g/mol. The minimum atomic E-state index is -0.147. The largest absolute Gasteiger partial charge is 0.497 e. The van der Waals surface area contributed by atoms with Crippen molar-refractivity contribution in [2.24, 2.45) is 0 Å². The lowest BCUT2D eigenvalue weighted by Gasteiger charge is -2.21. The Morgan fingerprint density at radius 2 is 1.96 bits per heavy atom. The van der Waals surface area contributed by atoms with Crippen LogP contribution in [0.25, 0.3) is 11.0 Å².